The standard InChI is InChI=1S/C12H17N3O3/c1-3-8-13-12(16)9(2)14-10-6-4-5-7-11(10)15(17)18/h4-7,9,14H,3,8H2,1-2H3,(H,13,16). The number of hydrogen-bond acceptors (Lipinski definition) is 4. The number of benzene rings is 1. The van der Waals surface area contributed by atoms with E-state index in [2.05, 4.69) is 10.6 Å². The Kier molecular flexibility index (Phi) is 5.10. The number of carbonyl (C=O) groups excluding carboxylic acids is 1. The van der Waals surface area contributed by atoms with Gasteiger partial charge in [0, 0.05) is 12.6 Å². The van der Waals surface area contributed by atoms with Crippen LogP contribution in [0.3, 0.4) is 0 Å². The quantitative estimate of drug-likeness (QED) is 0.597. The van der Waals surface area contributed by atoms with Gasteiger partial charge in [0.2, 0.25) is 5.91 Å². The molecule has 1 atom stereocenters. The van der Waals surface area contributed by atoms with Crippen molar-refractivity contribution in [2.75, 3.05) is 11.9 Å². The lowest BCUT2D eigenvalue weighted by Crippen LogP contribution is -2.37. The summed E-state index contributed by atoms with van der Waals surface area (Å²) in [5, 5.41) is 16.4. The minimum Gasteiger partial charge on any atom is -0.368 e. The summed E-state index contributed by atoms with van der Waals surface area (Å²) in [6.45, 7) is 4.23. The largest absolute Gasteiger partial charge is 0.368 e. The van der Waals surface area contributed by atoms with Crippen LogP contribution in [0, 0.1) is 10.1 Å². The molecule has 0 aromatic heterocycles. The fourth-order valence-corrected chi connectivity index (χ4v) is 1.45. The summed E-state index contributed by atoms with van der Waals surface area (Å²) in [7, 11) is 0. The number of para-hydroxylation sites is 2. The summed E-state index contributed by atoms with van der Waals surface area (Å²) in [5.41, 5.74) is 0.314. The van der Waals surface area contributed by atoms with Crippen molar-refractivity contribution in [3.05, 3.63) is 34.4 Å². The number of nitro benzene ring substituents is 1. The molecule has 6 nitrogen and oxygen atoms in total. The minimum absolute atomic E-state index is 0.0346. The van der Waals surface area contributed by atoms with Gasteiger partial charge in [0.25, 0.3) is 5.69 Å². The van der Waals surface area contributed by atoms with Gasteiger partial charge in [0.15, 0.2) is 0 Å². The number of anilines is 1. The Morgan fingerprint density at radius 1 is 1.44 bits per heavy atom. The average Bonchev–Trinajstić information content (AvgIpc) is 2.36. The maximum atomic E-state index is 11.6. The Morgan fingerprint density at radius 3 is 2.72 bits per heavy atom. The monoisotopic (exact) mass is 251 g/mol. The lowest BCUT2D eigenvalue weighted by atomic mass is 10.2. The Morgan fingerprint density at radius 2 is 2.11 bits per heavy atom. The Bertz CT molecular complexity index is 434. The second kappa shape index (κ2) is 6.58. The van der Waals surface area contributed by atoms with Crippen LogP contribution in [0.2, 0.25) is 0 Å². The van der Waals surface area contributed by atoms with Crippen LogP contribution in [0.4, 0.5) is 11.4 Å². The number of amides is 1. The van der Waals surface area contributed by atoms with Crippen molar-refractivity contribution in [3.63, 3.8) is 0 Å². The molecule has 0 aliphatic heterocycles. The third-order valence-corrected chi connectivity index (χ3v) is 2.42. The van der Waals surface area contributed by atoms with Gasteiger partial charge < -0.3 is 10.6 Å². The van der Waals surface area contributed by atoms with E-state index in [1.807, 2.05) is 6.92 Å². The lowest BCUT2D eigenvalue weighted by Gasteiger charge is -2.14. The first-order chi connectivity index (χ1) is 8.56. The third-order valence-electron chi connectivity index (χ3n) is 2.42. The summed E-state index contributed by atoms with van der Waals surface area (Å²) in [6.07, 6.45) is 0.851. The summed E-state index contributed by atoms with van der Waals surface area (Å²) >= 11 is 0. The van der Waals surface area contributed by atoms with E-state index in [9.17, 15) is 14.9 Å². The molecule has 1 aromatic rings. The minimum atomic E-state index is -0.516. The van der Waals surface area contributed by atoms with Gasteiger partial charge in [-0.05, 0) is 19.4 Å². The number of nitrogens with zero attached hydrogens (tertiary/aromatic N) is 1. The van der Waals surface area contributed by atoms with Gasteiger partial charge in [0.05, 0.1) is 4.92 Å². The zero-order chi connectivity index (χ0) is 13.5. The first kappa shape index (κ1) is 14.0. The fourth-order valence-electron chi connectivity index (χ4n) is 1.45. The molecule has 0 fully saturated rings. The van der Waals surface area contributed by atoms with Gasteiger partial charge >= 0.3 is 0 Å². The molecule has 6 heteroatoms. The molecule has 1 rings (SSSR count). The van der Waals surface area contributed by atoms with Gasteiger partial charge in [0.1, 0.15) is 11.7 Å². The normalized spacial score (nSPS) is 11.7. The second-order valence-electron chi connectivity index (χ2n) is 3.93. The van der Waals surface area contributed by atoms with Crippen molar-refractivity contribution in [1.82, 2.24) is 5.32 Å². The Balaban J connectivity index is 2.72. The van der Waals surface area contributed by atoms with E-state index in [0.29, 0.717) is 12.2 Å². The number of nitrogens with one attached hydrogen (secondary N) is 2. The molecular formula is C12H17N3O3. The second-order valence-corrected chi connectivity index (χ2v) is 3.93. The van der Waals surface area contributed by atoms with Crippen molar-refractivity contribution in [3.8, 4) is 0 Å². The lowest BCUT2D eigenvalue weighted by molar-refractivity contribution is -0.384. The molecular weight excluding hydrogens is 234 g/mol. The average molecular weight is 251 g/mol. The predicted molar refractivity (Wildman–Crippen MR) is 69.5 cm³/mol. The highest BCUT2D eigenvalue weighted by Crippen LogP contribution is 2.23. The van der Waals surface area contributed by atoms with E-state index in [1.165, 1.54) is 6.07 Å². The van der Waals surface area contributed by atoms with Crippen LogP contribution in [0.25, 0.3) is 0 Å². The smallest absolute Gasteiger partial charge is 0.292 e. The molecule has 2 N–H and O–H groups in total. The maximum absolute atomic E-state index is 11.6. The van der Waals surface area contributed by atoms with Crippen LogP contribution in [0.5, 0.6) is 0 Å². The molecule has 0 radical (unpaired) electrons. The van der Waals surface area contributed by atoms with Gasteiger partial charge in [-0.2, -0.15) is 0 Å². The van der Waals surface area contributed by atoms with Crippen molar-refractivity contribution >= 4 is 17.3 Å². The maximum Gasteiger partial charge on any atom is 0.292 e. The topological polar surface area (TPSA) is 84.3 Å². The SMILES string of the molecule is CCCNC(=O)C(C)Nc1ccccc1[N+](=O)[O-]. The summed E-state index contributed by atoms with van der Waals surface area (Å²) in [6, 6.07) is 5.75. The molecule has 0 saturated carbocycles. The Hall–Kier alpha value is -2.11. The van der Waals surface area contributed by atoms with Crippen LogP contribution < -0.4 is 10.6 Å². The summed E-state index contributed by atoms with van der Waals surface area (Å²) < 4.78 is 0. The first-order valence-corrected chi connectivity index (χ1v) is 5.84. The molecule has 1 amide bonds. The van der Waals surface area contributed by atoms with Crippen LogP contribution in [-0.4, -0.2) is 23.4 Å². The highest BCUT2D eigenvalue weighted by atomic mass is 16.6. The van der Waals surface area contributed by atoms with Crippen molar-refractivity contribution in [2.45, 2.75) is 26.3 Å². The number of carbonyl (C=O) groups is 1. The number of hydrogen-bond donors (Lipinski definition) is 2. The van der Waals surface area contributed by atoms with Crippen molar-refractivity contribution in [2.24, 2.45) is 0 Å². The van der Waals surface area contributed by atoms with E-state index in [1.54, 1.807) is 25.1 Å². The zero-order valence-electron chi connectivity index (χ0n) is 10.5. The van der Waals surface area contributed by atoms with Gasteiger partial charge in [-0.1, -0.05) is 19.1 Å². The summed E-state index contributed by atoms with van der Waals surface area (Å²) in [5.74, 6) is -0.171. The molecule has 0 aliphatic rings. The fraction of sp³-hybridized carbons (Fsp3) is 0.417. The van der Waals surface area contributed by atoms with E-state index in [-0.39, 0.29) is 11.6 Å². The van der Waals surface area contributed by atoms with Crippen molar-refractivity contribution in [1.29, 1.82) is 0 Å². The van der Waals surface area contributed by atoms with Gasteiger partial charge in [-0.3, -0.25) is 14.9 Å². The van der Waals surface area contributed by atoms with Crippen LogP contribution in [0.15, 0.2) is 24.3 Å². The molecule has 1 aromatic carbocycles. The van der Waals surface area contributed by atoms with E-state index in [4.69, 9.17) is 0 Å². The zero-order valence-corrected chi connectivity index (χ0v) is 10.5. The predicted octanol–water partition coefficient (Wildman–Crippen LogP) is 1.92. The molecule has 0 heterocycles. The molecule has 0 spiro atoms. The molecule has 1 unspecified atom stereocenters. The highest BCUT2D eigenvalue weighted by Gasteiger charge is 2.17. The molecule has 98 valence electrons. The van der Waals surface area contributed by atoms with E-state index >= 15 is 0 Å². The van der Waals surface area contributed by atoms with Crippen molar-refractivity contribution < 1.29 is 9.72 Å². The number of nitro groups is 1. The summed E-state index contributed by atoms with van der Waals surface area (Å²) in [4.78, 5) is 22.0. The first-order valence-electron chi connectivity index (χ1n) is 5.84. The number of rotatable bonds is 6. The molecule has 0 aliphatic carbocycles. The molecule has 0 saturated heterocycles. The van der Waals surface area contributed by atoms with Gasteiger partial charge in [-0.15, -0.1) is 0 Å². The highest BCUT2D eigenvalue weighted by molar-refractivity contribution is 5.85. The van der Waals surface area contributed by atoms with Crippen LogP contribution in [0.1, 0.15) is 20.3 Å². The van der Waals surface area contributed by atoms with Gasteiger partial charge in [-0.25, -0.2) is 0 Å². The molecule has 0 bridgehead atoms. The van der Waals surface area contributed by atoms with Crippen LogP contribution >= 0.6 is 0 Å². The van der Waals surface area contributed by atoms with E-state index in [0.717, 1.165) is 6.42 Å². The van der Waals surface area contributed by atoms with Crippen LogP contribution in [-0.2, 0) is 4.79 Å². The molecule has 18 heavy (non-hydrogen) atoms. The third kappa shape index (κ3) is 3.73. The van der Waals surface area contributed by atoms with E-state index < -0.39 is 11.0 Å². The Labute approximate surface area is 106 Å².